The Balaban J connectivity index is 2.34. The van der Waals surface area contributed by atoms with Gasteiger partial charge in [0.25, 0.3) is 0 Å². The van der Waals surface area contributed by atoms with Crippen LogP contribution in [0, 0.1) is 17.8 Å². The molecule has 0 heterocycles. The predicted octanol–water partition coefficient (Wildman–Crippen LogP) is 4.13. The van der Waals surface area contributed by atoms with Crippen molar-refractivity contribution in [1.82, 2.24) is 10.9 Å². The highest BCUT2D eigenvalue weighted by molar-refractivity contribution is 9.10. The van der Waals surface area contributed by atoms with E-state index in [9.17, 15) is 23.2 Å². The van der Waals surface area contributed by atoms with E-state index in [1.165, 1.54) is 0 Å². The molecule has 0 unspecified atom stereocenters. The van der Waals surface area contributed by atoms with Crippen LogP contribution in [0.15, 0.2) is 65.1 Å². The quantitative estimate of drug-likeness (QED) is 0.286. The lowest BCUT2D eigenvalue weighted by molar-refractivity contribution is -0.140. The smallest absolute Gasteiger partial charge is 0.249 e. The van der Waals surface area contributed by atoms with Crippen molar-refractivity contribution >= 4 is 49.5 Å². The Hall–Kier alpha value is -2.69. The maximum Gasteiger partial charge on any atom is 0.249 e. The lowest BCUT2D eigenvalue weighted by atomic mass is 9.82. The molecular weight excluding hydrogens is 522 g/mol. The summed E-state index contributed by atoms with van der Waals surface area (Å²) in [6.45, 7) is 3.80. The van der Waals surface area contributed by atoms with Crippen molar-refractivity contribution in [1.29, 1.82) is 0 Å². The van der Waals surface area contributed by atoms with Gasteiger partial charge in [-0.25, -0.2) is 13.9 Å². The zero-order valence-electron chi connectivity index (χ0n) is 19.3. The van der Waals surface area contributed by atoms with Crippen molar-refractivity contribution in [3.8, 4) is 0 Å². The van der Waals surface area contributed by atoms with Crippen molar-refractivity contribution in [3.05, 3.63) is 70.7 Å². The zero-order chi connectivity index (χ0) is 25.3. The fraction of sp³-hybridized carbons (Fsp3) is 0.333. The Kier molecular flexibility index (Phi) is 10.3. The van der Waals surface area contributed by atoms with E-state index in [-0.39, 0.29) is 18.0 Å². The monoisotopic (exact) mass is 551 g/mol. The van der Waals surface area contributed by atoms with Gasteiger partial charge >= 0.3 is 0 Å². The molecule has 184 valence electrons. The van der Waals surface area contributed by atoms with Crippen LogP contribution < -0.4 is 15.3 Å². The molecule has 8 nitrogen and oxygen atoms in total. The van der Waals surface area contributed by atoms with Gasteiger partial charge in [0.15, 0.2) is 0 Å². The minimum absolute atomic E-state index is 0.0298. The van der Waals surface area contributed by atoms with Crippen LogP contribution >= 0.6 is 15.9 Å². The maximum atomic E-state index is 13.4. The van der Waals surface area contributed by atoms with Gasteiger partial charge in [0.1, 0.15) is 0 Å². The van der Waals surface area contributed by atoms with E-state index in [0.29, 0.717) is 6.42 Å². The number of allylic oxidation sites excluding steroid dienone is 1. The predicted molar refractivity (Wildman–Crippen MR) is 136 cm³/mol. The maximum absolute atomic E-state index is 13.4. The number of benzene rings is 2. The Morgan fingerprint density at radius 1 is 1.03 bits per heavy atom. The molecule has 0 aliphatic heterocycles. The standard InChI is InChI=1S/C24H30BrN3O5S/c1-17(2)16-22(21(24(30)27-31)11-7-10-18-8-5-4-6-9-18)23(29)26-28(34(3,32)33)20-14-12-19(25)13-15-20/h4-10,12-15,17,21-22,31H,11,16H2,1-3H3,(H,26,29)(H,27,30)/t21-,22+/m0/s1. The molecule has 0 spiro atoms. The minimum atomic E-state index is -3.87. The van der Waals surface area contributed by atoms with Gasteiger partial charge in [-0.1, -0.05) is 72.3 Å². The van der Waals surface area contributed by atoms with E-state index >= 15 is 0 Å². The molecule has 0 aliphatic rings. The number of sulfonamides is 1. The Bertz CT molecular complexity index is 1090. The summed E-state index contributed by atoms with van der Waals surface area (Å²) in [4.78, 5) is 25.9. The number of amides is 2. The topological polar surface area (TPSA) is 116 Å². The summed E-state index contributed by atoms with van der Waals surface area (Å²) in [5, 5.41) is 9.34. The number of rotatable bonds is 11. The number of hydroxylamine groups is 1. The number of carbonyl (C=O) groups excluding carboxylic acids is 2. The van der Waals surface area contributed by atoms with E-state index in [4.69, 9.17) is 0 Å². The van der Waals surface area contributed by atoms with E-state index in [1.807, 2.05) is 50.3 Å². The average molecular weight is 552 g/mol. The average Bonchev–Trinajstić information content (AvgIpc) is 2.79. The summed E-state index contributed by atoms with van der Waals surface area (Å²) < 4.78 is 26.5. The highest BCUT2D eigenvalue weighted by atomic mass is 79.9. The zero-order valence-corrected chi connectivity index (χ0v) is 21.7. The third-order valence-corrected chi connectivity index (χ3v) is 6.59. The lowest BCUT2D eigenvalue weighted by Gasteiger charge is -2.29. The van der Waals surface area contributed by atoms with E-state index in [0.717, 1.165) is 20.7 Å². The van der Waals surface area contributed by atoms with E-state index in [1.54, 1.807) is 35.8 Å². The first-order valence-electron chi connectivity index (χ1n) is 10.7. The first-order valence-corrected chi connectivity index (χ1v) is 13.4. The van der Waals surface area contributed by atoms with Crippen molar-refractivity contribution in [3.63, 3.8) is 0 Å². The van der Waals surface area contributed by atoms with Gasteiger partial charge < -0.3 is 0 Å². The van der Waals surface area contributed by atoms with Gasteiger partial charge in [0.05, 0.1) is 23.8 Å². The van der Waals surface area contributed by atoms with Crippen molar-refractivity contribution in [2.75, 3.05) is 10.7 Å². The molecule has 10 heteroatoms. The Morgan fingerprint density at radius 3 is 2.18 bits per heavy atom. The molecule has 2 aromatic rings. The van der Waals surface area contributed by atoms with Crippen LogP contribution in [0.2, 0.25) is 0 Å². The molecule has 0 aliphatic carbocycles. The first-order chi connectivity index (χ1) is 16.0. The van der Waals surface area contributed by atoms with Crippen LogP contribution in [0.3, 0.4) is 0 Å². The molecular formula is C24H30BrN3O5S. The molecule has 34 heavy (non-hydrogen) atoms. The minimum Gasteiger partial charge on any atom is -0.289 e. The summed E-state index contributed by atoms with van der Waals surface area (Å²) in [5.74, 6) is -3.13. The third kappa shape index (κ3) is 8.27. The number of hydrogen-bond acceptors (Lipinski definition) is 5. The molecule has 0 saturated heterocycles. The van der Waals surface area contributed by atoms with Crippen LogP contribution in [0.4, 0.5) is 5.69 Å². The first kappa shape index (κ1) is 27.6. The molecule has 0 fully saturated rings. The second kappa shape index (κ2) is 12.7. The summed E-state index contributed by atoms with van der Waals surface area (Å²) in [5.41, 5.74) is 5.29. The second-order valence-electron chi connectivity index (χ2n) is 8.35. The second-order valence-corrected chi connectivity index (χ2v) is 11.1. The third-order valence-electron chi connectivity index (χ3n) is 5.10. The molecule has 2 amide bonds. The van der Waals surface area contributed by atoms with Crippen LogP contribution in [0.1, 0.15) is 32.3 Å². The van der Waals surface area contributed by atoms with Crippen molar-refractivity contribution in [2.45, 2.75) is 26.7 Å². The van der Waals surface area contributed by atoms with Crippen LogP contribution in [0.25, 0.3) is 6.08 Å². The molecule has 2 rings (SSSR count). The van der Waals surface area contributed by atoms with E-state index < -0.39 is 33.7 Å². The van der Waals surface area contributed by atoms with Crippen LogP contribution in [0.5, 0.6) is 0 Å². The highest BCUT2D eigenvalue weighted by Crippen LogP contribution is 2.27. The number of nitrogens with one attached hydrogen (secondary N) is 2. The van der Waals surface area contributed by atoms with Gasteiger partial charge in [0, 0.05) is 4.47 Å². The van der Waals surface area contributed by atoms with Gasteiger partial charge in [-0.2, -0.15) is 4.41 Å². The summed E-state index contributed by atoms with van der Waals surface area (Å²) in [6.07, 6.45) is 5.04. The molecule has 3 N–H and O–H groups in total. The number of halogens is 1. The Morgan fingerprint density at radius 2 is 1.65 bits per heavy atom. The van der Waals surface area contributed by atoms with Crippen LogP contribution in [-0.4, -0.2) is 31.7 Å². The number of carbonyl (C=O) groups is 2. The molecule has 0 radical (unpaired) electrons. The van der Waals surface area contributed by atoms with Gasteiger partial charge in [-0.05, 0) is 48.6 Å². The van der Waals surface area contributed by atoms with Crippen molar-refractivity contribution in [2.24, 2.45) is 17.8 Å². The largest absolute Gasteiger partial charge is 0.289 e. The lowest BCUT2D eigenvalue weighted by Crippen LogP contribution is -2.51. The number of hydrogen-bond donors (Lipinski definition) is 3. The molecule has 0 aromatic heterocycles. The number of hydrazine groups is 1. The summed E-state index contributed by atoms with van der Waals surface area (Å²) in [6, 6.07) is 15.9. The molecule has 0 saturated carbocycles. The molecule has 2 atom stereocenters. The van der Waals surface area contributed by atoms with Gasteiger partial charge in [0.2, 0.25) is 21.8 Å². The van der Waals surface area contributed by atoms with Crippen molar-refractivity contribution < 1.29 is 23.2 Å². The van der Waals surface area contributed by atoms with Gasteiger partial charge in [-0.15, -0.1) is 0 Å². The normalized spacial score (nSPS) is 13.5. The van der Waals surface area contributed by atoms with Crippen LogP contribution in [-0.2, 0) is 19.6 Å². The Labute approximate surface area is 209 Å². The summed E-state index contributed by atoms with van der Waals surface area (Å²) in [7, 11) is -3.87. The molecule has 2 aromatic carbocycles. The molecule has 0 bridgehead atoms. The fourth-order valence-electron chi connectivity index (χ4n) is 3.51. The summed E-state index contributed by atoms with van der Waals surface area (Å²) >= 11 is 3.30. The van der Waals surface area contributed by atoms with E-state index in [2.05, 4.69) is 21.4 Å². The fourth-order valence-corrected chi connectivity index (χ4v) is 4.54. The SMILES string of the molecule is CC(C)C[C@@H](C(=O)NN(c1ccc(Br)cc1)S(C)(=O)=O)[C@H](CC=Cc1ccccc1)C(=O)NO. The number of nitrogens with zero attached hydrogens (tertiary/aromatic N) is 1. The number of anilines is 1. The van der Waals surface area contributed by atoms with Gasteiger partial charge in [-0.3, -0.25) is 20.2 Å². The highest BCUT2D eigenvalue weighted by Gasteiger charge is 2.35.